The molecule has 0 radical (unpaired) electrons. The molecule has 1 unspecified atom stereocenters. The van der Waals surface area contributed by atoms with Crippen LogP contribution < -0.4 is 0 Å². The van der Waals surface area contributed by atoms with E-state index < -0.39 is 0 Å². The molecule has 0 aliphatic carbocycles. The first-order valence-corrected chi connectivity index (χ1v) is 8.24. The molecule has 3 heterocycles. The van der Waals surface area contributed by atoms with Crippen molar-refractivity contribution in [2.24, 2.45) is 0 Å². The molecular formula is C18H20N4O2. The minimum atomic E-state index is -0.132. The molecule has 0 spiro atoms. The van der Waals surface area contributed by atoms with Gasteiger partial charge in [-0.25, -0.2) is 0 Å². The molecule has 1 aliphatic heterocycles. The molecule has 1 amide bonds. The molecule has 1 aromatic carbocycles. The Labute approximate surface area is 139 Å². The van der Waals surface area contributed by atoms with Crippen molar-refractivity contribution in [1.82, 2.24) is 20.0 Å². The van der Waals surface area contributed by atoms with Crippen LogP contribution in [0.1, 0.15) is 52.2 Å². The highest BCUT2D eigenvalue weighted by molar-refractivity contribution is 5.99. The van der Waals surface area contributed by atoms with Gasteiger partial charge < -0.3 is 14.4 Å². The summed E-state index contributed by atoms with van der Waals surface area (Å²) in [6.45, 7) is 6.62. The number of nitrogens with one attached hydrogen (secondary N) is 1. The Bertz CT molecular complexity index is 924. The van der Waals surface area contributed by atoms with Crippen molar-refractivity contribution in [2.75, 3.05) is 6.54 Å². The molecule has 6 heteroatoms. The lowest BCUT2D eigenvalue weighted by atomic mass is 10.1. The van der Waals surface area contributed by atoms with E-state index in [2.05, 4.69) is 41.1 Å². The summed E-state index contributed by atoms with van der Waals surface area (Å²) in [5, 5.41) is 4.94. The average Bonchev–Trinajstić information content (AvgIpc) is 3.23. The molecule has 124 valence electrons. The van der Waals surface area contributed by atoms with Gasteiger partial charge in [-0.2, -0.15) is 4.98 Å². The summed E-state index contributed by atoms with van der Waals surface area (Å²) in [7, 11) is 0. The average molecular weight is 324 g/mol. The zero-order valence-corrected chi connectivity index (χ0v) is 14.1. The van der Waals surface area contributed by atoms with Crippen molar-refractivity contribution in [3.8, 4) is 0 Å². The monoisotopic (exact) mass is 324 g/mol. The second kappa shape index (κ2) is 5.47. The quantitative estimate of drug-likeness (QED) is 0.783. The van der Waals surface area contributed by atoms with Crippen LogP contribution in [0.2, 0.25) is 0 Å². The van der Waals surface area contributed by atoms with E-state index in [0.29, 0.717) is 24.0 Å². The maximum absolute atomic E-state index is 13.0. The number of hydrogen-bond acceptors (Lipinski definition) is 4. The fraction of sp³-hybridized carbons (Fsp3) is 0.389. The summed E-state index contributed by atoms with van der Waals surface area (Å²) >= 11 is 0. The van der Waals surface area contributed by atoms with Crippen molar-refractivity contribution in [3.63, 3.8) is 0 Å². The van der Waals surface area contributed by atoms with Crippen molar-refractivity contribution >= 4 is 16.8 Å². The van der Waals surface area contributed by atoms with E-state index in [9.17, 15) is 4.79 Å². The topological polar surface area (TPSA) is 75.0 Å². The summed E-state index contributed by atoms with van der Waals surface area (Å²) in [5.74, 6) is 1.11. The van der Waals surface area contributed by atoms with Gasteiger partial charge in [0.2, 0.25) is 5.89 Å². The van der Waals surface area contributed by atoms with Crippen molar-refractivity contribution in [2.45, 2.75) is 39.7 Å². The minimum Gasteiger partial charge on any atom is -0.351 e. The number of likely N-dealkylation sites (tertiary alicyclic amines) is 1. The van der Waals surface area contributed by atoms with Crippen molar-refractivity contribution < 1.29 is 9.32 Å². The number of hydrogen-bond donors (Lipinski definition) is 1. The van der Waals surface area contributed by atoms with Crippen LogP contribution in [-0.2, 0) is 0 Å². The number of benzene rings is 1. The molecule has 2 aromatic heterocycles. The summed E-state index contributed by atoms with van der Waals surface area (Å²) < 4.78 is 5.29. The number of H-pyrrole nitrogens is 1. The first-order valence-electron chi connectivity index (χ1n) is 8.24. The molecule has 1 aliphatic rings. The van der Waals surface area contributed by atoms with Gasteiger partial charge in [-0.15, -0.1) is 0 Å². The zero-order valence-electron chi connectivity index (χ0n) is 14.1. The number of nitrogens with zero attached hydrogens (tertiary/aromatic N) is 3. The molecule has 4 rings (SSSR count). The zero-order chi connectivity index (χ0) is 16.8. The molecular weight excluding hydrogens is 304 g/mol. The lowest BCUT2D eigenvalue weighted by Crippen LogP contribution is -2.31. The number of aromatic amines is 1. The van der Waals surface area contributed by atoms with Crippen molar-refractivity contribution in [1.29, 1.82) is 0 Å². The van der Waals surface area contributed by atoms with Crippen LogP contribution in [0.15, 0.2) is 22.7 Å². The Morgan fingerprint density at radius 2 is 2.12 bits per heavy atom. The number of rotatable bonds is 2. The third-order valence-corrected chi connectivity index (χ3v) is 4.66. The minimum absolute atomic E-state index is 0.0124. The highest BCUT2D eigenvalue weighted by Crippen LogP contribution is 2.33. The number of aromatic nitrogens is 3. The number of carbonyl (C=O) groups is 1. The van der Waals surface area contributed by atoms with Gasteiger partial charge in [0, 0.05) is 17.4 Å². The van der Waals surface area contributed by atoms with E-state index in [1.54, 1.807) is 6.92 Å². The SMILES string of the molecule is Cc1cc(C)c2cc(C(=O)N3CCCC3c3nc(C)no3)[nH]c2c1. The first-order chi connectivity index (χ1) is 11.5. The van der Waals surface area contributed by atoms with E-state index in [1.165, 1.54) is 11.1 Å². The maximum atomic E-state index is 13.0. The normalized spacial score (nSPS) is 17.8. The second-order valence-corrected chi connectivity index (χ2v) is 6.56. The Kier molecular flexibility index (Phi) is 3.40. The summed E-state index contributed by atoms with van der Waals surface area (Å²) in [5.41, 5.74) is 3.97. The van der Waals surface area contributed by atoms with E-state index in [1.807, 2.05) is 11.0 Å². The summed E-state index contributed by atoms with van der Waals surface area (Å²) in [4.78, 5) is 22.4. The maximum Gasteiger partial charge on any atom is 0.270 e. The Morgan fingerprint density at radius 1 is 1.29 bits per heavy atom. The van der Waals surface area contributed by atoms with Gasteiger partial charge in [-0.1, -0.05) is 11.2 Å². The van der Waals surface area contributed by atoms with Crippen LogP contribution in [0.4, 0.5) is 0 Å². The summed E-state index contributed by atoms with van der Waals surface area (Å²) in [6.07, 6.45) is 1.79. The van der Waals surface area contributed by atoms with Crippen LogP contribution in [0.25, 0.3) is 10.9 Å². The van der Waals surface area contributed by atoms with Gasteiger partial charge in [0.15, 0.2) is 5.82 Å². The van der Waals surface area contributed by atoms with Gasteiger partial charge in [-0.3, -0.25) is 4.79 Å². The van der Waals surface area contributed by atoms with E-state index in [4.69, 9.17) is 4.52 Å². The predicted molar refractivity (Wildman–Crippen MR) is 89.8 cm³/mol. The smallest absolute Gasteiger partial charge is 0.270 e. The van der Waals surface area contributed by atoms with Crippen LogP contribution in [-0.4, -0.2) is 32.5 Å². The standard InChI is InChI=1S/C18H20N4O2/c1-10-7-11(2)13-9-15(20-14(13)8-10)18(23)22-6-4-5-16(22)17-19-12(3)21-24-17/h7-9,16,20H,4-6H2,1-3H3. The fourth-order valence-corrected chi connectivity index (χ4v) is 3.58. The molecule has 3 aromatic rings. The summed E-state index contributed by atoms with van der Waals surface area (Å²) in [6, 6.07) is 6.01. The molecule has 1 saturated heterocycles. The molecule has 0 saturated carbocycles. The fourth-order valence-electron chi connectivity index (χ4n) is 3.58. The highest BCUT2D eigenvalue weighted by atomic mass is 16.5. The number of amides is 1. The first kappa shape index (κ1) is 14.9. The van der Waals surface area contributed by atoms with Gasteiger partial charge in [0.05, 0.1) is 0 Å². The van der Waals surface area contributed by atoms with Crippen LogP contribution in [0.3, 0.4) is 0 Å². The Balaban J connectivity index is 1.69. The molecule has 1 atom stereocenters. The largest absolute Gasteiger partial charge is 0.351 e. The predicted octanol–water partition coefficient (Wildman–Crippen LogP) is 3.45. The lowest BCUT2D eigenvalue weighted by Gasteiger charge is -2.21. The van der Waals surface area contributed by atoms with Crippen LogP contribution in [0, 0.1) is 20.8 Å². The van der Waals surface area contributed by atoms with Gasteiger partial charge in [0.25, 0.3) is 5.91 Å². The number of aryl methyl sites for hydroxylation is 3. The molecule has 0 bridgehead atoms. The van der Waals surface area contributed by atoms with E-state index >= 15 is 0 Å². The van der Waals surface area contributed by atoms with Crippen LogP contribution in [0.5, 0.6) is 0 Å². The van der Waals surface area contributed by atoms with Gasteiger partial charge in [-0.05, 0) is 56.9 Å². The van der Waals surface area contributed by atoms with E-state index in [-0.39, 0.29) is 11.9 Å². The Hall–Kier alpha value is -2.63. The molecule has 1 N–H and O–H groups in total. The van der Waals surface area contributed by atoms with Gasteiger partial charge in [0.1, 0.15) is 11.7 Å². The molecule has 6 nitrogen and oxygen atoms in total. The highest BCUT2D eigenvalue weighted by Gasteiger charge is 2.34. The number of fused-ring (bicyclic) bond motifs is 1. The lowest BCUT2D eigenvalue weighted by molar-refractivity contribution is 0.0705. The second-order valence-electron chi connectivity index (χ2n) is 6.56. The Morgan fingerprint density at radius 3 is 2.88 bits per heavy atom. The third-order valence-electron chi connectivity index (χ3n) is 4.66. The molecule has 24 heavy (non-hydrogen) atoms. The van der Waals surface area contributed by atoms with Crippen molar-refractivity contribution in [3.05, 3.63) is 46.7 Å². The van der Waals surface area contributed by atoms with Crippen LogP contribution >= 0.6 is 0 Å². The van der Waals surface area contributed by atoms with E-state index in [0.717, 1.165) is 23.7 Å². The third kappa shape index (κ3) is 2.38. The number of carbonyl (C=O) groups excluding carboxylic acids is 1. The molecule has 1 fully saturated rings. The van der Waals surface area contributed by atoms with Gasteiger partial charge >= 0.3 is 0 Å².